The maximum absolute atomic E-state index is 10.8. The summed E-state index contributed by atoms with van der Waals surface area (Å²) in [5.41, 5.74) is 37.0. The predicted octanol–water partition coefficient (Wildman–Crippen LogP) is 30.5. The van der Waals surface area contributed by atoms with E-state index >= 15 is 0 Å². The highest BCUT2D eigenvalue weighted by Crippen LogP contribution is 2.62. The Morgan fingerprint density at radius 1 is 0.318 bits per heavy atom. The summed E-state index contributed by atoms with van der Waals surface area (Å²) in [6.07, 6.45) is 0. The summed E-state index contributed by atoms with van der Waals surface area (Å²) in [5, 5.41) is 17.2. The maximum Gasteiger partial charge on any atom is 0.252 e. The number of nitriles is 1. The molecule has 1 aliphatic carbocycles. The highest BCUT2D eigenvalue weighted by molar-refractivity contribution is 7.00. The molecule has 0 bridgehead atoms. The summed E-state index contributed by atoms with van der Waals surface area (Å²) in [5.74, 6) is 0. The third-order valence-electron chi connectivity index (χ3n) is 28.0. The first-order chi connectivity index (χ1) is 62.4. The molecule has 3 aliphatic rings. The fourth-order valence-electron chi connectivity index (χ4n) is 21.6. The highest BCUT2D eigenvalue weighted by atomic mass is 16.3. The van der Waals surface area contributed by atoms with Crippen molar-refractivity contribution < 1.29 is 4.42 Å². The Hall–Kier alpha value is -15.2. The van der Waals surface area contributed by atoms with Gasteiger partial charge in [0.2, 0.25) is 0 Å². The van der Waals surface area contributed by atoms with Crippen LogP contribution in [0.25, 0.3) is 137 Å². The smallest absolute Gasteiger partial charge is 0.252 e. The zero-order valence-corrected chi connectivity index (χ0v) is 74.7. The second-order valence-electron chi connectivity index (χ2n) is 39.8. The minimum Gasteiger partial charge on any atom is -0.456 e. The van der Waals surface area contributed by atoms with Crippen molar-refractivity contribution in [3.63, 3.8) is 0 Å². The first kappa shape index (κ1) is 78.5. The van der Waals surface area contributed by atoms with Gasteiger partial charge in [0.25, 0.3) is 6.71 Å². The van der Waals surface area contributed by atoms with Crippen molar-refractivity contribution in [2.75, 3.05) is 9.80 Å². The number of anilines is 6. The van der Waals surface area contributed by atoms with Gasteiger partial charge in [0.05, 0.1) is 57.1 Å². The SMILES string of the molecule is [C-]#[N+]c1ccc2c(c1)c1cc(C(C)(C)C)ccc1n2-c1ccc2c(c1)N(c1c(-c3ccccc3)cc(C(C)(C)C)cc1-c1ccccc1)c1cc(C3(c4ccc5oc6ccccc6c5c4)c4ccccc4-c4ccccc43)cc3c1B2c1ccc(-n2c4ccc(C#N)cc4c4cc(C(C)(C)C)ccc42)cc1N3c1c(-c2ccccc2)cc(C(C)(C)C)cc1-c1ccccc1. The summed E-state index contributed by atoms with van der Waals surface area (Å²) in [4.78, 5) is 9.58. The van der Waals surface area contributed by atoms with Gasteiger partial charge in [0, 0.05) is 83.3 Å². The zero-order chi connectivity index (χ0) is 88.1. The monoisotopic (exact) mass is 1660 g/mol. The van der Waals surface area contributed by atoms with Gasteiger partial charge < -0.3 is 23.4 Å². The highest BCUT2D eigenvalue weighted by Gasteiger charge is 2.52. The quantitative estimate of drug-likeness (QED) is 0.101. The number of para-hydroxylation sites is 1. The molecule has 0 saturated heterocycles. The van der Waals surface area contributed by atoms with Crippen molar-refractivity contribution in [1.82, 2.24) is 9.13 Å². The molecule has 0 atom stereocenters. The van der Waals surface area contributed by atoms with E-state index in [1.165, 1.54) is 44.5 Å². The number of hydrogen-bond acceptors (Lipinski definition) is 4. The van der Waals surface area contributed by atoms with Crippen LogP contribution in [0.4, 0.5) is 39.8 Å². The Labute approximate surface area is 754 Å². The maximum atomic E-state index is 10.8. The third-order valence-corrected chi connectivity index (χ3v) is 28.0. The molecular weight excluding hydrogens is 1560 g/mol. The van der Waals surface area contributed by atoms with Crippen LogP contribution < -0.4 is 26.2 Å². The van der Waals surface area contributed by atoms with E-state index in [4.69, 9.17) is 11.0 Å². The molecule has 20 aromatic rings. The standard InChI is InChI=1S/C121H95BN6O/c1-117(2,3)79-47-56-105-96(61-79)95-60-74(73-123)46-55-104(95)125(105)86-51-53-102-108(71-86)127(115-91(75-32-18-14-19-33-75)64-82(119(7,8)9)65-92(115)76-34-20-15-21-35-76)110-68-84(121(100-43-29-26-40-88(100)89-41-27-30-44-101(89)121)81-49-59-113-99(63-81)90-42-28-31-45-112(90)129-113)69-111-114(110)122(102)103-54-52-87(126-106-57-48-80(118(4,5)6)62-97(106)98-70-85(124-13)50-58-107(98)126)72-109(103)128(111)116-93(77-36-22-16-23-37-77)66-83(120(10,11)12)67-94(116)78-38-24-17-25-39-78/h14-72H,1-12H3. The van der Waals surface area contributed by atoms with E-state index in [9.17, 15) is 5.26 Å². The largest absolute Gasteiger partial charge is 0.456 e. The molecule has 17 aromatic carbocycles. The number of nitrogens with zero attached hydrogens (tertiary/aromatic N) is 6. The van der Waals surface area contributed by atoms with Gasteiger partial charge in [0.1, 0.15) is 11.2 Å². The van der Waals surface area contributed by atoms with Gasteiger partial charge in [-0.2, -0.15) is 5.26 Å². The van der Waals surface area contributed by atoms with Crippen molar-refractivity contribution in [2.24, 2.45) is 0 Å². The minimum atomic E-state index is -1.04. The number of hydrogen-bond donors (Lipinski definition) is 0. The number of rotatable bonds is 10. The second kappa shape index (κ2) is 28.9. The lowest BCUT2D eigenvalue weighted by Gasteiger charge is -2.47. The topological polar surface area (TPSA) is 57.6 Å². The van der Waals surface area contributed by atoms with Crippen LogP contribution >= 0.6 is 0 Å². The van der Waals surface area contributed by atoms with Crippen LogP contribution in [-0.2, 0) is 27.1 Å². The summed E-state index contributed by atoms with van der Waals surface area (Å²) in [6.45, 7) is 35.9. The van der Waals surface area contributed by atoms with E-state index in [1.54, 1.807) is 0 Å². The van der Waals surface area contributed by atoms with Crippen LogP contribution in [0, 0.1) is 17.9 Å². The summed E-state index contributed by atoms with van der Waals surface area (Å²) in [7, 11) is 0. The van der Waals surface area contributed by atoms with Crippen molar-refractivity contribution >= 4 is 128 Å². The number of benzene rings is 17. The molecule has 0 radical (unpaired) electrons. The van der Waals surface area contributed by atoms with E-state index < -0.39 is 12.1 Å². The molecule has 0 fully saturated rings. The lowest BCUT2D eigenvalue weighted by atomic mass is 9.33. The third kappa shape index (κ3) is 12.2. The first-order valence-corrected chi connectivity index (χ1v) is 45.1. The fraction of sp³-hybridized carbons (Fsp3) is 0.140. The van der Waals surface area contributed by atoms with Gasteiger partial charge in [-0.3, -0.25) is 0 Å². The Kier molecular flexibility index (Phi) is 17.6. The van der Waals surface area contributed by atoms with E-state index in [1.807, 2.05) is 12.1 Å². The molecule has 0 N–H and O–H groups in total. The lowest BCUT2D eigenvalue weighted by Crippen LogP contribution is -2.61. The molecule has 0 amide bonds. The minimum absolute atomic E-state index is 0.162. The molecule has 8 heteroatoms. The molecule has 5 heterocycles. The van der Waals surface area contributed by atoms with Gasteiger partial charge >= 0.3 is 0 Å². The van der Waals surface area contributed by atoms with E-state index in [2.05, 4.69) is 459 Å². The van der Waals surface area contributed by atoms with Gasteiger partial charge in [-0.25, -0.2) is 4.85 Å². The molecule has 3 aromatic heterocycles. The fourth-order valence-corrected chi connectivity index (χ4v) is 21.6. The van der Waals surface area contributed by atoms with Gasteiger partial charge in [-0.15, -0.1) is 0 Å². The molecule has 7 nitrogen and oxygen atoms in total. The number of furan rings is 1. The summed E-state index contributed by atoms with van der Waals surface area (Å²) < 4.78 is 11.8. The summed E-state index contributed by atoms with van der Waals surface area (Å²) >= 11 is 0. The summed E-state index contributed by atoms with van der Waals surface area (Å²) in [6, 6.07) is 138. The molecule has 0 saturated carbocycles. The van der Waals surface area contributed by atoms with E-state index in [0.717, 1.165) is 183 Å². The van der Waals surface area contributed by atoms with Crippen LogP contribution in [0.1, 0.15) is 133 Å². The van der Waals surface area contributed by atoms with Crippen LogP contribution in [0.15, 0.2) is 362 Å². The van der Waals surface area contributed by atoms with Crippen LogP contribution in [0.2, 0.25) is 0 Å². The van der Waals surface area contributed by atoms with Crippen molar-refractivity contribution in [3.8, 4) is 73.1 Å². The average Bonchev–Trinajstić information content (AvgIpc) is 1.66. The zero-order valence-electron chi connectivity index (χ0n) is 74.7. The predicted molar refractivity (Wildman–Crippen MR) is 541 cm³/mol. The molecule has 2 aliphatic heterocycles. The van der Waals surface area contributed by atoms with Crippen molar-refractivity contribution in [3.05, 3.63) is 419 Å². The van der Waals surface area contributed by atoms with Crippen molar-refractivity contribution in [2.45, 2.75) is 110 Å². The first-order valence-electron chi connectivity index (χ1n) is 45.1. The molecule has 0 unspecified atom stereocenters. The van der Waals surface area contributed by atoms with E-state index in [0.29, 0.717) is 11.3 Å². The van der Waals surface area contributed by atoms with Crippen LogP contribution in [0.5, 0.6) is 0 Å². The Bertz CT molecular complexity index is 7650. The second-order valence-corrected chi connectivity index (χ2v) is 39.8. The van der Waals surface area contributed by atoms with Gasteiger partial charge in [-0.1, -0.05) is 308 Å². The molecular formula is C121H95BN6O. The number of aromatic nitrogens is 2. The molecule has 0 spiro atoms. The molecule has 23 rings (SSSR count). The van der Waals surface area contributed by atoms with Crippen LogP contribution in [0.3, 0.4) is 0 Å². The lowest BCUT2D eigenvalue weighted by molar-refractivity contribution is 0.590. The van der Waals surface area contributed by atoms with Crippen molar-refractivity contribution in [1.29, 1.82) is 5.26 Å². The van der Waals surface area contributed by atoms with Gasteiger partial charge in [-0.05, 0) is 255 Å². The normalized spacial score (nSPS) is 13.4. The van der Waals surface area contributed by atoms with Crippen LogP contribution in [-0.4, -0.2) is 15.8 Å². The van der Waals surface area contributed by atoms with E-state index in [-0.39, 0.29) is 21.7 Å². The molecule has 129 heavy (non-hydrogen) atoms. The Morgan fingerprint density at radius 3 is 1.16 bits per heavy atom. The Balaban J connectivity index is 0.955. The molecule has 618 valence electrons. The number of fused-ring (bicyclic) bond motifs is 16. The Morgan fingerprint density at radius 2 is 0.713 bits per heavy atom. The van der Waals surface area contributed by atoms with Gasteiger partial charge in [0.15, 0.2) is 5.69 Å². The average molecular weight is 1660 g/mol.